The number of anilines is 2. The van der Waals surface area contributed by atoms with Crippen LogP contribution in [-0.2, 0) is 14.8 Å². The predicted molar refractivity (Wildman–Crippen MR) is 99.4 cm³/mol. The molecule has 2 aliphatic heterocycles. The molecule has 0 aromatic heterocycles. The van der Waals surface area contributed by atoms with Crippen molar-refractivity contribution in [1.82, 2.24) is 5.32 Å². The van der Waals surface area contributed by atoms with Crippen LogP contribution in [0.3, 0.4) is 0 Å². The molecule has 0 radical (unpaired) electrons. The molecule has 0 atom stereocenters. The number of carbonyl (C=O) groups is 1. The molecular formula is C17H25N3O5S. The third kappa shape index (κ3) is 4.39. The standard InChI is InChI=1S/C17H25N3O5S/c1-24-16-12-14(19-17(21)18-13-6-9-25-10-7-13)4-5-15(16)20-8-2-3-11-26(20,22)23/h4-5,12-13H,2-3,6-11H2,1H3,(H2,18,19,21). The number of nitrogens with zero attached hydrogens (tertiary/aromatic N) is 1. The molecule has 8 nitrogen and oxygen atoms in total. The number of urea groups is 1. The maximum Gasteiger partial charge on any atom is 0.319 e. The maximum absolute atomic E-state index is 12.3. The Morgan fingerprint density at radius 1 is 1.27 bits per heavy atom. The maximum atomic E-state index is 12.3. The lowest BCUT2D eigenvalue weighted by atomic mass is 10.1. The molecule has 0 saturated carbocycles. The molecular weight excluding hydrogens is 358 g/mol. The van der Waals surface area contributed by atoms with Crippen molar-refractivity contribution >= 4 is 27.4 Å². The summed E-state index contributed by atoms with van der Waals surface area (Å²) in [4.78, 5) is 12.2. The molecule has 3 rings (SSSR count). The summed E-state index contributed by atoms with van der Waals surface area (Å²) in [6, 6.07) is 4.81. The summed E-state index contributed by atoms with van der Waals surface area (Å²) < 4.78 is 36.7. The van der Waals surface area contributed by atoms with Crippen LogP contribution in [0.25, 0.3) is 0 Å². The molecule has 2 aliphatic rings. The van der Waals surface area contributed by atoms with Gasteiger partial charge in [-0.3, -0.25) is 4.31 Å². The fourth-order valence-corrected chi connectivity index (χ4v) is 4.86. The van der Waals surface area contributed by atoms with Crippen molar-refractivity contribution < 1.29 is 22.7 Å². The molecule has 144 valence electrons. The molecule has 0 spiro atoms. The monoisotopic (exact) mass is 383 g/mol. The van der Waals surface area contributed by atoms with E-state index in [0.29, 0.717) is 43.3 Å². The van der Waals surface area contributed by atoms with Crippen molar-refractivity contribution in [2.75, 3.05) is 42.2 Å². The van der Waals surface area contributed by atoms with E-state index < -0.39 is 10.0 Å². The van der Waals surface area contributed by atoms with Crippen LogP contribution in [-0.4, -0.2) is 53.1 Å². The molecule has 1 aromatic carbocycles. The molecule has 2 heterocycles. The Kier molecular flexibility index (Phi) is 5.87. The largest absolute Gasteiger partial charge is 0.494 e. The first-order valence-electron chi connectivity index (χ1n) is 8.83. The Labute approximate surface area is 153 Å². The van der Waals surface area contributed by atoms with Gasteiger partial charge in [-0.05, 0) is 37.8 Å². The molecule has 2 saturated heterocycles. The minimum atomic E-state index is -3.32. The first-order valence-corrected chi connectivity index (χ1v) is 10.4. The highest BCUT2D eigenvalue weighted by Crippen LogP contribution is 2.34. The average Bonchev–Trinajstić information content (AvgIpc) is 2.62. The lowest BCUT2D eigenvalue weighted by molar-refractivity contribution is 0.0806. The van der Waals surface area contributed by atoms with Crippen LogP contribution in [0.1, 0.15) is 25.7 Å². The topological polar surface area (TPSA) is 97.0 Å². The van der Waals surface area contributed by atoms with Crippen LogP contribution in [0, 0.1) is 0 Å². The zero-order chi connectivity index (χ0) is 18.6. The smallest absolute Gasteiger partial charge is 0.319 e. The van der Waals surface area contributed by atoms with Gasteiger partial charge in [0.15, 0.2) is 0 Å². The fourth-order valence-electron chi connectivity index (χ4n) is 3.22. The third-order valence-corrected chi connectivity index (χ3v) is 6.47. The number of hydrogen-bond acceptors (Lipinski definition) is 5. The zero-order valence-electron chi connectivity index (χ0n) is 14.9. The van der Waals surface area contributed by atoms with E-state index in [1.54, 1.807) is 18.2 Å². The van der Waals surface area contributed by atoms with Crippen LogP contribution < -0.4 is 19.7 Å². The summed E-state index contributed by atoms with van der Waals surface area (Å²) in [5, 5.41) is 5.69. The molecule has 9 heteroatoms. The van der Waals surface area contributed by atoms with Crippen molar-refractivity contribution in [3.05, 3.63) is 18.2 Å². The van der Waals surface area contributed by atoms with Gasteiger partial charge in [0.2, 0.25) is 10.0 Å². The Morgan fingerprint density at radius 3 is 2.73 bits per heavy atom. The van der Waals surface area contributed by atoms with Gasteiger partial charge >= 0.3 is 6.03 Å². The Bertz CT molecular complexity index is 747. The summed E-state index contributed by atoms with van der Waals surface area (Å²) in [5.41, 5.74) is 1.05. The number of benzene rings is 1. The van der Waals surface area contributed by atoms with Crippen molar-refractivity contribution in [3.8, 4) is 5.75 Å². The number of nitrogens with one attached hydrogen (secondary N) is 2. The summed E-state index contributed by atoms with van der Waals surface area (Å²) in [5.74, 6) is 0.559. The van der Waals surface area contributed by atoms with Crippen molar-refractivity contribution in [2.45, 2.75) is 31.7 Å². The molecule has 2 fully saturated rings. The van der Waals surface area contributed by atoms with Crippen molar-refractivity contribution in [2.24, 2.45) is 0 Å². The number of amides is 2. The highest BCUT2D eigenvalue weighted by atomic mass is 32.2. The number of carbonyl (C=O) groups excluding carboxylic acids is 1. The molecule has 0 unspecified atom stereocenters. The van der Waals surface area contributed by atoms with Crippen LogP contribution >= 0.6 is 0 Å². The number of ether oxygens (including phenoxy) is 2. The quantitative estimate of drug-likeness (QED) is 0.828. The molecule has 0 bridgehead atoms. The number of methoxy groups -OCH3 is 1. The van der Waals surface area contributed by atoms with Crippen LogP contribution in [0.4, 0.5) is 16.2 Å². The minimum Gasteiger partial charge on any atom is -0.494 e. The Balaban J connectivity index is 1.71. The summed E-state index contributed by atoms with van der Waals surface area (Å²) in [6.07, 6.45) is 3.08. The van der Waals surface area contributed by atoms with Gasteiger partial charge < -0.3 is 20.1 Å². The predicted octanol–water partition coefficient (Wildman–Crippen LogP) is 1.93. The number of sulfonamides is 1. The van der Waals surface area contributed by atoms with Gasteiger partial charge in [-0.15, -0.1) is 0 Å². The van der Waals surface area contributed by atoms with E-state index in [0.717, 1.165) is 19.3 Å². The molecule has 2 N–H and O–H groups in total. The lowest BCUT2D eigenvalue weighted by Crippen LogP contribution is -2.41. The fraction of sp³-hybridized carbons (Fsp3) is 0.588. The first kappa shape index (κ1) is 18.8. The van der Waals surface area contributed by atoms with E-state index in [-0.39, 0.29) is 17.8 Å². The van der Waals surface area contributed by atoms with Crippen molar-refractivity contribution in [3.63, 3.8) is 0 Å². The van der Waals surface area contributed by atoms with Gasteiger partial charge in [0, 0.05) is 37.6 Å². The molecule has 26 heavy (non-hydrogen) atoms. The van der Waals surface area contributed by atoms with Crippen LogP contribution in [0.15, 0.2) is 18.2 Å². The molecule has 1 aromatic rings. The SMILES string of the molecule is COc1cc(NC(=O)NC2CCOCC2)ccc1N1CCCCS1(=O)=O. The van der Waals surface area contributed by atoms with E-state index in [1.165, 1.54) is 11.4 Å². The highest BCUT2D eigenvalue weighted by molar-refractivity contribution is 7.92. The lowest BCUT2D eigenvalue weighted by Gasteiger charge is -2.29. The Hall–Kier alpha value is -2.00. The van der Waals surface area contributed by atoms with Gasteiger partial charge in [0.25, 0.3) is 0 Å². The zero-order valence-corrected chi connectivity index (χ0v) is 15.7. The molecule has 2 amide bonds. The van der Waals surface area contributed by atoms with Gasteiger partial charge in [0.1, 0.15) is 5.75 Å². The molecule has 0 aliphatic carbocycles. The van der Waals surface area contributed by atoms with Crippen LogP contribution in [0.5, 0.6) is 5.75 Å². The van der Waals surface area contributed by atoms with Crippen molar-refractivity contribution in [1.29, 1.82) is 0 Å². The first-order chi connectivity index (χ1) is 12.5. The number of hydrogen-bond donors (Lipinski definition) is 2. The van der Waals surface area contributed by atoms with Crippen LogP contribution in [0.2, 0.25) is 0 Å². The van der Waals surface area contributed by atoms with Gasteiger partial charge in [-0.1, -0.05) is 0 Å². The second-order valence-electron chi connectivity index (χ2n) is 6.47. The third-order valence-electron chi connectivity index (χ3n) is 4.61. The second kappa shape index (κ2) is 8.13. The summed E-state index contributed by atoms with van der Waals surface area (Å²) in [7, 11) is -1.84. The minimum absolute atomic E-state index is 0.100. The normalized spacial score (nSPS) is 20.4. The summed E-state index contributed by atoms with van der Waals surface area (Å²) in [6.45, 7) is 1.74. The Morgan fingerprint density at radius 2 is 2.04 bits per heavy atom. The van der Waals surface area contributed by atoms with Gasteiger partial charge in [0.05, 0.1) is 18.6 Å². The van der Waals surface area contributed by atoms with E-state index in [1.807, 2.05) is 0 Å². The van der Waals surface area contributed by atoms with E-state index >= 15 is 0 Å². The summed E-state index contributed by atoms with van der Waals surface area (Å²) >= 11 is 0. The number of rotatable bonds is 4. The average molecular weight is 383 g/mol. The van der Waals surface area contributed by atoms with E-state index in [4.69, 9.17) is 9.47 Å². The van der Waals surface area contributed by atoms with E-state index in [2.05, 4.69) is 10.6 Å². The van der Waals surface area contributed by atoms with Gasteiger partial charge in [-0.2, -0.15) is 0 Å². The highest BCUT2D eigenvalue weighted by Gasteiger charge is 2.28. The van der Waals surface area contributed by atoms with E-state index in [9.17, 15) is 13.2 Å². The van der Waals surface area contributed by atoms with Gasteiger partial charge in [-0.25, -0.2) is 13.2 Å². The second-order valence-corrected chi connectivity index (χ2v) is 8.48.